The third-order valence-corrected chi connectivity index (χ3v) is 4.87. The number of hydrogen-bond acceptors (Lipinski definition) is 3. The summed E-state index contributed by atoms with van der Waals surface area (Å²) in [5.74, 6) is 0.755. The molecule has 8 heteroatoms. The zero-order valence-corrected chi connectivity index (χ0v) is 16.4. The fourth-order valence-electron chi connectivity index (χ4n) is 3.12. The van der Waals surface area contributed by atoms with E-state index in [1.165, 1.54) is 11.0 Å². The van der Waals surface area contributed by atoms with Crippen molar-refractivity contribution in [1.29, 1.82) is 0 Å². The fourth-order valence-corrected chi connectivity index (χ4v) is 3.12. The van der Waals surface area contributed by atoms with Crippen LogP contribution in [0.5, 0.6) is 0 Å². The Labute approximate surface area is 164 Å². The predicted octanol–water partition coefficient (Wildman–Crippen LogP) is 1.51. The summed E-state index contributed by atoms with van der Waals surface area (Å²) in [5, 5.41) is 7.47. The van der Waals surface area contributed by atoms with E-state index >= 15 is 0 Å². The number of likely N-dealkylation sites (N-methyl/N-ethyl adjacent to an activating group) is 1. The third kappa shape index (κ3) is 5.45. The van der Waals surface area contributed by atoms with Crippen molar-refractivity contribution >= 4 is 22.8 Å². The molecule has 1 unspecified atom stereocenters. The predicted molar refractivity (Wildman–Crippen MR) is 108 cm³/mol. The molecule has 0 saturated carbocycles. The number of benzene rings is 1. The van der Waals surface area contributed by atoms with Gasteiger partial charge in [-0.25, -0.2) is 9.38 Å². The minimum Gasteiger partial charge on any atom is -0.381 e. The van der Waals surface area contributed by atoms with Crippen molar-refractivity contribution in [2.24, 2.45) is 10.9 Å². The Morgan fingerprint density at radius 2 is 2.25 bits per heavy atom. The molecule has 1 saturated heterocycles. The van der Waals surface area contributed by atoms with E-state index in [2.05, 4.69) is 20.6 Å². The second kappa shape index (κ2) is 9.54. The number of carbonyl (C=O) groups is 1. The summed E-state index contributed by atoms with van der Waals surface area (Å²) >= 11 is 0. The van der Waals surface area contributed by atoms with Gasteiger partial charge in [0.25, 0.3) is 0 Å². The highest BCUT2D eigenvalue weighted by molar-refractivity contribution is 5.85. The average molecular weight is 389 g/mol. The topological polar surface area (TPSA) is 81.8 Å². The van der Waals surface area contributed by atoms with Crippen LogP contribution < -0.4 is 10.6 Å². The summed E-state index contributed by atoms with van der Waals surface area (Å²) in [6.07, 6.45) is 3.64. The standard InChI is InChI=1S/C20H28FN5O2/c1-26(2)19(27)12-25-20(24-10-14-6-8-28-13-14)22-7-5-15-11-23-18-4-3-16(21)9-17(15)18/h3-4,9,11,14,23H,5-8,10,12-13H2,1-2H3,(H2,22,24,25). The number of aliphatic imine (C=N–C) groups is 1. The molecule has 0 aliphatic carbocycles. The number of nitrogens with zero attached hydrogens (tertiary/aromatic N) is 2. The Bertz CT molecular complexity index is 827. The van der Waals surface area contributed by atoms with E-state index in [-0.39, 0.29) is 18.3 Å². The maximum atomic E-state index is 13.5. The number of fused-ring (bicyclic) bond motifs is 1. The van der Waals surface area contributed by atoms with Gasteiger partial charge in [-0.3, -0.25) is 4.79 Å². The lowest BCUT2D eigenvalue weighted by Crippen LogP contribution is -2.41. The zero-order chi connectivity index (χ0) is 19.9. The van der Waals surface area contributed by atoms with Gasteiger partial charge >= 0.3 is 0 Å². The molecular formula is C20H28FN5O2. The molecule has 1 fully saturated rings. The van der Waals surface area contributed by atoms with Crippen LogP contribution in [0.1, 0.15) is 12.0 Å². The number of hydrogen-bond donors (Lipinski definition) is 3. The molecule has 3 rings (SSSR count). The molecule has 1 atom stereocenters. The van der Waals surface area contributed by atoms with E-state index in [1.807, 2.05) is 6.20 Å². The van der Waals surface area contributed by atoms with Gasteiger partial charge in [0.2, 0.25) is 5.91 Å². The number of H-pyrrole nitrogens is 1. The summed E-state index contributed by atoms with van der Waals surface area (Å²) in [6, 6.07) is 4.74. The summed E-state index contributed by atoms with van der Waals surface area (Å²) in [7, 11) is 3.43. The molecule has 1 aromatic heterocycles. The Balaban J connectivity index is 1.58. The van der Waals surface area contributed by atoms with Crippen LogP contribution in [0.2, 0.25) is 0 Å². The van der Waals surface area contributed by atoms with E-state index < -0.39 is 0 Å². The van der Waals surface area contributed by atoms with Crippen LogP contribution in [-0.4, -0.2) is 68.7 Å². The Morgan fingerprint density at radius 3 is 3.00 bits per heavy atom. The number of aromatic nitrogens is 1. The Kier molecular flexibility index (Phi) is 6.86. The zero-order valence-electron chi connectivity index (χ0n) is 16.4. The van der Waals surface area contributed by atoms with Crippen LogP contribution in [0.4, 0.5) is 4.39 Å². The summed E-state index contributed by atoms with van der Waals surface area (Å²) < 4.78 is 18.9. The molecule has 152 valence electrons. The first-order chi connectivity index (χ1) is 13.5. The number of amides is 1. The highest BCUT2D eigenvalue weighted by Gasteiger charge is 2.16. The van der Waals surface area contributed by atoms with Crippen molar-refractivity contribution in [3.63, 3.8) is 0 Å². The van der Waals surface area contributed by atoms with Crippen LogP contribution in [0.3, 0.4) is 0 Å². The van der Waals surface area contributed by atoms with Crippen LogP contribution in [0.15, 0.2) is 29.4 Å². The highest BCUT2D eigenvalue weighted by atomic mass is 19.1. The van der Waals surface area contributed by atoms with E-state index in [4.69, 9.17) is 4.74 Å². The molecule has 0 bridgehead atoms. The molecule has 3 N–H and O–H groups in total. The number of aromatic amines is 1. The van der Waals surface area contributed by atoms with Crippen molar-refractivity contribution in [1.82, 2.24) is 20.5 Å². The maximum absolute atomic E-state index is 13.5. The first kappa shape index (κ1) is 20.1. The number of rotatable bonds is 7. The molecule has 28 heavy (non-hydrogen) atoms. The minimum absolute atomic E-state index is 0.0580. The smallest absolute Gasteiger partial charge is 0.243 e. The summed E-state index contributed by atoms with van der Waals surface area (Å²) in [4.78, 5) is 20.9. The number of guanidine groups is 1. The first-order valence-corrected chi connectivity index (χ1v) is 9.58. The van der Waals surface area contributed by atoms with Gasteiger partial charge in [0.1, 0.15) is 12.4 Å². The van der Waals surface area contributed by atoms with Gasteiger partial charge in [-0.15, -0.1) is 0 Å². The molecule has 7 nitrogen and oxygen atoms in total. The molecule has 2 aromatic rings. The molecule has 0 radical (unpaired) electrons. The fraction of sp³-hybridized carbons (Fsp3) is 0.500. The average Bonchev–Trinajstić information content (AvgIpc) is 3.33. The van der Waals surface area contributed by atoms with Gasteiger partial charge in [0, 0.05) is 56.8 Å². The van der Waals surface area contributed by atoms with Crippen LogP contribution >= 0.6 is 0 Å². The molecule has 1 aliphatic heterocycles. The number of nitrogens with one attached hydrogen (secondary N) is 3. The van der Waals surface area contributed by atoms with Crippen molar-refractivity contribution in [3.05, 3.63) is 35.8 Å². The second-order valence-electron chi connectivity index (χ2n) is 7.24. The lowest BCUT2D eigenvalue weighted by atomic mass is 10.1. The van der Waals surface area contributed by atoms with E-state index in [0.29, 0.717) is 24.8 Å². The minimum atomic E-state index is -0.244. The van der Waals surface area contributed by atoms with E-state index in [0.717, 1.165) is 42.6 Å². The summed E-state index contributed by atoms with van der Waals surface area (Å²) in [5.41, 5.74) is 1.95. The number of halogens is 1. The Morgan fingerprint density at radius 1 is 1.39 bits per heavy atom. The van der Waals surface area contributed by atoms with Crippen LogP contribution in [0.25, 0.3) is 10.9 Å². The molecule has 1 aliphatic rings. The van der Waals surface area contributed by atoms with Gasteiger partial charge in [0.15, 0.2) is 5.96 Å². The molecule has 2 heterocycles. The quantitative estimate of drug-likeness (QED) is 0.495. The van der Waals surface area contributed by atoms with Gasteiger partial charge in [-0.05, 0) is 36.6 Å². The lowest BCUT2D eigenvalue weighted by molar-refractivity contribution is -0.127. The van der Waals surface area contributed by atoms with Gasteiger partial charge in [-0.2, -0.15) is 0 Å². The third-order valence-electron chi connectivity index (χ3n) is 4.87. The highest BCUT2D eigenvalue weighted by Crippen LogP contribution is 2.19. The SMILES string of the molecule is CN(C)C(=O)CN=C(NCCc1c[nH]c2ccc(F)cc12)NCC1CCOC1. The van der Waals surface area contributed by atoms with E-state index in [1.54, 1.807) is 26.2 Å². The van der Waals surface area contributed by atoms with Gasteiger partial charge in [0.05, 0.1) is 6.61 Å². The van der Waals surface area contributed by atoms with Crippen molar-refractivity contribution in [2.45, 2.75) is 12.8 Å². The number of ether oxygens (including phenoxy) is 1. The van der Waals surface area contributed by atoms with Gasteiger partial charge < -0.3 is 25.3 Å². The van der Waals surface area contributed by atoms with E-state index in [9.17, 15) is 9.18 Å². The monoisotopic (exact) mass is 389 g/mol. The molecular weight excluding hydrogens is 361 g/mol. The summed E-state index contributed by atoms with van der Waals surface area (Å²) in [6.45, 7) is 3.00. The first-order valence-electron chi connectivity index (χ1n) is 9.58. The van der Waals surface area contributed by atoms with Crippen molar-refractivity contribution in [2.75, 3.05) is 46.9 Å². The largest absolute Gasteiger partial charge is 0.381 e. The van der Waals surface area contributed by atoms with Gasteiger partial charge in [-0.1, -0.05) is 0 Å². The van der Waals surface area contributed by atoms with Crippen molar-refractivity contribution < 1.29 is 13.9 Å². The molecule has 0 spiro atoms. The molecule has 1 amide bonds. The molecule has 1 aromatic carbocycles. The maximum Gasteiger partial charge on any atom is 0.243 e. The second-order valence-corrected chi connectivity index (χ2v) is 7.24. The Hall–Kier alpha value is -2.61. The number of carbonyl (C=O) groups excluding carboxylic acids is 1. The normalized spacial score (nSPS) is 17.1. The van der Waals surface area contributed by atoms with Crippen LogP contribution in [0, 0.1) is 11.7 Å². The lowest BCUT2D eigenvalue weighted by Gasteiger charge is -2.15. The van der Waals surface area contributed by atoms with Crippen LogP contribution in [-0.2, 0) is 16.0 Å². The van der Waals surface area contributed by atoms with Crippen molar-refractivity contribution in [3.8, 4) is 0 Å².